The van der Waals surface area contributed by atoms with Crippen LogP contribution < -0.4 is 5.32 Å². The molecule has 0 radical (unpaired) electrons. The van der Waals surface area contributed by atoms with Crippen LogP contribution >= 0.6 is 24.0 Å². The third-order valence-electron chi connectivity index (χ3n) is 6.27. The first-order valence-corrected chi connectivity index (χ1v) is 10.4. The van der Waals surface area contributed by atoms with Crippen molar-refractivity contribution in [3.63, 3.8) is 0 Å². The highest BCUT2D eigenvalue weighted by molar-refractivity contribution is 14.0. The highest BCUT2D eigenvalue weighted by Crippen LogP contribution is 2.34. The van der Waals surface area contributed by atoms with Crippen molar-refractivity contribution in [1.82, 2.24) is 15.1 Å². The molecule has 3 unspecified atom stereocenters. The predicted molar refractivity (Wildman–Crippen MR) is 126 cm³/mol. The zero-order valence-corrected chi connectivity index (χ0v) is 19.6. The van der Waals surface area contributed by atoms with Crippen LogP contribution in [-0.2, 0) is 0 Å². The SMILES string of the molecule is CCC1CN(C(=NC)NCC2CCCN(C)C2)CCC1c1ccccc1.I. The summed E-state index contributed by atoms with van der Waals surface area (Å²) in [5.41, 5.74) is 1.51. The van der Waals surface area contributed by atoms with E-state index in [4.69, 9.17) is 0 Å². The molecule has 0 aliphatic carbocycles. The average molecular weight is 484 g/mol. The van der Waals surface area contributed by atoms with Crippen LogP contribution in [-0.4, -0.2) is 62.6 Å². The summed E-state index contributed by atoms with van der Waals surface area (Å²) in [4.78, 5) is 9.54. The number of rotatable bonds is 4. The summed E-state index contributed by atoms with van der Waals surface area (Å²) in [6.07, 6.45) is 5.10. The van der Waals surface area contributed by atoms with Gasteiger partial charge in [-0.2, -0.15) is 0 Å². The Morgan fingerprint density at radius 3 is 2.59 bits per heavy atom. The molecule has 2 aliphatic rings. The lowest BCUT2D eigenvalue weighted by Crippen LogP contribution is -2.50. The first-order chi connectivity index (χ1) is 12.7. The van der Waals surface area contributed by atoms with Gasteiger partial charge in [0.25, 0.3) is 0 Å². The molecule has 27 heavy (non-hydrogen) atoms. The Morgan fingerprint density at radius 2 is 1.93 bits per heavy atom. The summed E-state index contributed by atoms with van der Waals surface area (Å²) in [6.45, 7) is 8.04. The van der Waals surface area contributed by atoms with E-state index in [1.165, 1.54) is 44.3 Å². The largest absolute Gasteiger partial charge is 0.356 e. The summed E-state index contributed by atoms with van der Waals surface area (Å²) >= 11 is 0. The number of hydrogen-bond donors (Lipinski definition) is 1. The number of halogens is 1. The van der Waals surface area contributed by atoms with Gasteiger partial charge in [0.2, 0.25) is 0 Å². The summed E-state index contributed by atoms with van der Waals surface area (Å²) in [5.74, 6) is 3.23. The molecule has 1 N–H and O–H groups in total. The van der Waals surface area contributed by atoms with Crippen molar-refractivity contribution in [2.75, 3.05) is 46.8 Å². The first kappa shape index (κ1) is 22.5. The Morgan fingerprint density at radius 1 is 1.15 bits per heavy atom. The summed E-state index contributed by atoms with van der Waals surface area (Å²) in [5, 5.41) is 3.68. The minimum Gasteiger partial charge on any atom is -0.356 e. The molecule has 3 atom stereocenters. The Hall–Kier alpha value is -0.820. The maximum atomic E-state index is 4.60. The minimum atomic E-state index is 0. The van der Waals surface area contributed by atoms with Gasteiger partial charge in [-0.25, -0.2) is 0 Å². The van der Waals surface area contributed by atoms with Gasteiger partial charge in [0.1, 0.15) is 0 Å². The number of piperidine rings is 2. The molecule has 152 valence electrons. The Bertz CT molecular complexity index is 577. The van der Waals surface area contributed by atoms with Crippen LogP contribution in [0.2, 0.25) is 0 Å². The smallest absolute Gasteiger partial charge is 0.193 e. The van der Waals surface area contributed by atoms with Crippen molar-refractivity contribution in [2.45, 2.75) is 38.5 Å². The molecule has 1 aromatic carbocycles. The average Bonchev–Trinajstić information content (AvgIpc) is 2.69. The zero-order chi connectivity index (χ0) is 18.4. The van der Waals surface area contributed by atoms with Crippen molar-refractivity contribution >= 4 is 29.9 Å². The predicted octanol–water partition coefficient (Wildman–Crippen LogP) is 4.04. The van der Waals surface area contributed by atoms with Gasteiger partial charge >= 0.3 is 0 Å². The molecule has 1 aromatic rings. The maximum Gasteiger partial charge on any atom is 0.193 e. The molecule has 2 fully saturated rings. The van der Waals surface area contributed by atoms with E-state index >= 15 is 0 Å². The molecule has 0 spiro atoms. The van der Waals surface area contributed by atoms with Crippen molar-refractivity contribution in [2.24, 2.45) is 16.8 Å². The second-order valence-corrected chi connectivity index (χ2v) is 8.12. The van der Waals surface area contributed by atoms with Gasteiger partial charge in [0.05, 0.1) is 0 Å². The monoisotopic (exact) mass is 484 g/mol. The quantitative estimate of drug-likeness (QED) is 0.398. The molecule has 2 saturated heterocycles. The van der Waals surface area contributed by atoms with E-state index in [9.17, 15) is 0 Å². The van der Waals surface area contributed by atoms with Crippen LogP contribution in [0.4, 0.5) is 0 Å². The highest BCUT2D eigenvalue weighted by atomic mass is 127. The van der Waals surface area contributed by atoms with Crippen molar-refractivity contribution < 1.29 is 0 Å². The first-order valence-electron chi connectivity index (χ1n) is 10.4. The van der Waals surface area contributed by atoms with Crippen molar-refractivity contribution in [1.29, 1.82) is 0 Å². The molecular weight excluding hydrogens is 447 g/mol. The van der Waals surface area contributed by atoms with Crippen LogP contribution in [0.25, 0.3) is 0 Å². The number of benzene rings is 1. The van der Waals surface area contributed by atoms with Crippen LogP contribution in [0.5, 0.6) is 0 Å². The number of aliphatic imine (C=N–C) groups is 1. The molecule has 2 aliphatic heterocycles. The summed E-state index contributed by atoms with van der Waals surface area (Å²) in [7, 11) is 4.17. The minimum absolute atomic E-state index is 0. The molecule has 2 heterocycles. The molecule has 0 aromatic heterocycles. The van der Waals surface area contributed by atoms with Crippen LogP contribution in [0.15, 0.2) is 35.3 Å². The fourth-order valence-corrected chi connectivity index (χ4v) is 4.79. The van der Waals surface area contributed by atoms with E-state index < -0.39 is 0 Å². The Labute approximate surface area is 182 Å². The molecular formula is C22H37IN4. The second-order valence-electron chi connectivity index (χ2n) is 8.12. The molecule has 3 rings (SSSR count). The van der Waals surface area contributed by atoms with E-state index in [2.05, 4.69) is 64.4 Å². The topological polar surface area (TPSA) is 30.9 Å². The lowest BCUT2D eigenvalue weighted by atomic mass is 9.79. The molecule has 0 bridgehead atoms. The molecule has 0 saturated carbocycles. The van der Waals surface area contributed by atoms with Crippen LogP contribution in [0.3, 0.4) is 0 Å². The number of nitrogens with zero attached hydrogens (tertiary/aromatic N) is 3. The summed E-state index contributed by atoms with van der Waals surface area (Å²) < 4.78 is 0. The molecule has 5 heteroatoms. The van der Waals surface area contributed by atoms with Crippen LogP contribution in [0, 0.1) is 11.8 Å². The van der Waals surface area contributed by atoms with E-state index in [1.54, 1.807) is 0 Å². The number of nitrogens with one attached hydrogen (secondary N) is 1. The highest BCUT2D eigenvalue weighted by Gasteiger charge is 2.30. The van der Waals surface area contributed by atoms with Crippen molar-refractivity contribution in [3.8, 4) is 0 Å². The van der Waals surface area contributed by atoms with E-state index in [0.29, 0.717) is 11.8 Å². The second kappa shape index (κ2) is 11.2. The fraction of sp³-hybridized carbons (Fsp3) is 0.682. The normalized spacial score (nSPS) is 27.1. The molecule has 4 nitrogen and oxygen atoms in total. The van der Waals surface area contributed by atoms with Crippen LogP contribution in [0.1, 0.15) is 44.1 Å². The van der Waals surface area contributed by atoms with Gasteiger partial charge in [0, 0.05) is 33.2 Å². The molecule has 0 amide bonds. The lowest BCUT2D eigenvalue weighted by molar-refractivity contribution is 0.200. The van der Waals surface area contributed by atoms with E-state index in [0.717, 1.165) is 31.5 Å². The van der Waals surface area contributed by atoms with Gasteiger partial charge in [-0.05, 0) is 56.2 Å². The van der Waals surface area contributed by atoms with Gasteiger partial charge < -0.3 is 15.1 Å². The maximum absolute atomic E-state index is 4.60. The summed E-state index contributed by atoms with van der Waals surface area (Å²) in [6, 6.07) is 11.1. The number of hydrogen-bond acceptors (Lipinski definition) is 2. The van der Waals surface area contributed by atoms with Gasteiger partial charge in [-0.15, -0.1) is 24.0 Å². The zero-order valence-electron chi connectivity index (χ0n) is 17.2. The van der Waals surface area contributed by atoms with E-state index in [-0.39, 0.29) is 24.0 Å². The third-order valence-corrected chi connectivity index (χ3v) is 6.27. The van der Waals surface area contributed by atoms with Gasteiger partial charge in [-0.3, -0.25) is 4.99 Å². The Balaban J connectivity index is 0.00000261. The lowest BCUT2D eigenvalue weighted by Gasteiger charge is -2.40. The Kier molecular flexibility index (Phi) is 9.36. The fourth-order valence-electron chi connectivity index (χ4n) is 4.79. The number of guanidine groups is 1. The van der Waals surface area contributed by atoms with E-state index in [1.807, 2.05) is 7.05 Å². The van der Waals surface area contributed by atoms with Gasteiger partial charge in [0.15, 0.2) is 5.96 Å². The third kappa shape index (κ3) is 6.08. The number of likely N-dealkylation sites (tertiary alicyclic amines) is 2. The van der Waals surface area contributed by atoms with Crippen molar-refractivity contribution in [3.05, 3.63) is 35.9 Å². The standard InChI is InChI=1S/C22H36N4.HI/c1-4-19-17-26(14-12-21(19)20-10-6-5-7-11-20)22(23-2)24-15-18-9-8-13-25(3)16-18;/h5-7,10-11,18-19,21H,4,8-9,12-17H2,1-3H3,(H,23,24);1H. The van der Waals surface area contributed by atoms with Gasteiger partial charge in [-0.1, -0.05) is 43.7 Å².